The van der Waals surface area contributed by atoms with Crippen LogP contribution in [-0.2, 0) is 10.5 Å². The molecule has 0 saturated carbocycles. The molecule has 1 aliphatic rings. The molecule has 0 radical (unpaired) electrons. The molecule has 0 spiro atoms. The van der Waals surface area contributed by atoms with E-state index in [4.69, 9.17) is 9.15 Å². The second-order valence-corrected chi connectivity index (χ2v) is 10.5. The minimum absolute atomic E-state index is 0.00695. The van der Waals surface area contributed by atoms with Crippen molar-refractivity contribution in [3.05, 3.63) is 101 Å². The Balaban J connectivity index is 1.48. The maximum absolute atomic E-state index is 14.0. The molecule has 1 N–H and O–H groups in total. The van der Waals surface area contributed by atoms with Crippen LogP contribution in [0.5, 0.6) is 5.75 Å². The molecule has 1 aliphatic heterocycles. The number of carbonyl (C=O) groups is 2. The first-order valence-electron chi connectivity index (χ1n) is 11.7. The van der Waals surface area contributed by atoms with Gasteiger partial charge in [0.25, 0.3) is 5.91 Å². The number of aliphatic hydroxyl groups is 1. The summed E-state index contributed by atoms with van der Waals surface area (Å²) in [4.78, 5) is 27.9. The van der Waals surface area contributed by atoms with E-state index in [9.17, 15) is 19.1 Å². The fourth-order valence-electron chi connectivity index (χ4n) is 3.97. The van der Waals surface area contributed by atoms with Crippen molar-refractivity contribution in [3.63, 3.8) is 0 Å². The first kappa shape index (κ1) is 25.7. The van der Waals surface area contributed by atoms with Crippen molar-refractivity contribution in [2.24, 2.45) is 0 Å². The molecule has 2 aromatic carbocycles. The number of ether oxygens (including phenoxy) is 1. The van der Waals surface area contributed by atoms with E-state index in [0.29, 0.717) is 33.6 Å². The van der Waals surface area contributed by atoms with Crippen LogP contribution in [0.15, 0.2) is 87.0 Å². The summed E-state index contributed by atoms with van der Waals surface area (Å²) in [6.45, 7) is 2.55. The third kappa shape index (κ3) is 5.07. The van der Waals surface area contributed by atoms with Crippen molar-refractivity contribution in [1.82, 2.24) is 10.2 Å². The molecule has 0 aliphatic carbocycles. The first-order valence-corrected chi connectivity index (χ1v) is 13.6. The summed E-state index contributed by atoms with van der Waals surface area (Å²) < 4.78 is 25.5. The van der Waals surface area contributed by atoms with Crippen LogP contribution in [-0.4, -0.2) is 33.6 Å². The van der Waals surface area contributed by atoms with Crippen molar-refractivity contribution in [2.45, 2.75) is 29.5 Å². The van der Waals surface area contributed by atoms with E-state index in [1.807, 2.05) is 6.92 Å². The van der Waals surface area contributed by atoms with E-state index in [-0.39, 0.29) is 22.3 Å². The van der Waals surface area contributed by atoms with Crippen LogP contribution in [0.2, 0.25) is 0 Å². The molecular weight excluding hydrogens is 529 g/mol. The highest BCUT2D eigenvalue weighted by Crippen LogP contribution is 2.44. The van der Waals surface area contributed by atoms with Gasteiger partial charge in [-0.1, -0.05) is 60.4 Å². The molecule has 1 unspecified atom stereocenters. The second kappa shape index (κ2) is 11.2. The van der Waals surface area contributed by atoms with Crippen LogP contribution in [0.25, 0.3) is 0 Å². The number of thioether (sulfide) groups is 1. The number of furan rings is 1. The van der Waals surface area contributed by atoms with Crippen LogP contribution >= 0.6 is 23.1 Å². The third-order valence-corrected chi connectivity index (χ3v) is 7.88. The van der Waals surface area contributed by atoms with Gasteiger partial charge in [-0.25, -0.2) is 4.39 Å². The Morgan fingerprint density at radius 2 is 1.95 bits per heavy atom. The van der Waals surface area contributed by atoms with E-state index in [0.717, 1.165) is 17.8 Å². The first-order chi connectivity index (χ1) is 18.5. The van der Waals surface area contributed by atoms with Gasteiger partial charge < -0.3 is 14.3 Å². The molecule has 0 saturated heterocycles. The zero-order chi connectivity index (χ0) is 26.6. The Labute approximate surface area is 225 Å². The SMILES string of the molecule is CCCOc1ccc(C2C(C(=O)c3ccco3)=C(O)C(=O)N2c2nnc(SCc3ccccc3F)s2)cc1. The van der Waals surface area contributed by atoms with Gasteiger partial charge in [-0.15, -0.1) is 10.2 Å². The number of nitrogens with zero attached hydrogens (tertiary/aromatic N) is 3. The van der Waals surface area contributed by atoms with Crippen LogP contribution in [0, 0.1) is 5.82 Å². The number of hydrogen-bond donors (Lipinski definition) is 1. The average molecular weight is 552 g/mol. The van der Waals surface area contributed by atoms with Crippen LogP contribution < -0.4 is 9.64 Å². The second-order valence-electron chi connectivity index (χ2n) is 8.29. The topological polar surface area (TPSA) is 106 Å². The maximum Gasteiger partial charge on any atom is 0.296 e. The lowest BCUT2D eigenvalue weighted by Crippen LogP contribution is -2.31. The van der Waals surface area contributed by atoms with E-state index in [2.05, 4.69) is 10.2 Å². The fourth-order valence-corrected chi connectivity index (χ4v) is 5.82. The van der Waals surface area contributed by atoms with Gasteiger partial charge in [0, 0.05) is 5.75 Å². The lowest BCUT2D eigenvalue weighted by Gasteiger charge is -2.24. The maximum atomic E-state index is 14.0. The van der Waals surface area contributed by atoms with Crippen LogP contribution in [0.4, 0.5) is 9.52 Å². The summed E-state index contributed by atoms with van der Waals surface area (Å²) in [6.07, 6.45) is 2.19. The van der Waals surface area contributed by atoms with Gasteiger partial charge in [0.2, 0.25) is 10.9 Å². The Bertz CT molecular complexity index is 1480. The lowest BCUT2D eigenvalue weighted by atomic mass is 9.95. The fraction of sp³-hybridized carbons (Fsp3) is 0.185. The average Bonchev–Trinajstić information content (AvgIpc) is 3.68. The number of anilines is 1. The number of benzene rings is 2. The summed E-state index contributed by atoms with van der Waals surface area (Å²) in [6, 6.07) is 15.5. The number of carbonyl (C=O) groups excluding carboxylic acids is 2. The molecule has 8 nitrogen and oxygen atoms in total. The number of aromatic nitrogens is 2. The summed E-state index contributed by atoms with van der Waals surface area (Å²) >= 11 is 2.38. The molecule has 11 heteroatoms. The number of amides is 1. The van der Waals surface area contributed by atoms with Crippen molar-refractivity contribution < 1.29 is 28.2 Å². The Kier molecular flexibility index (Phi) is 7.57. The van der Waals surface area contributed by atoms with E-state index in [1.165, 1.54) is 35.1 Å². The number of rotatable bonds is 10. The zero-order valence-electron chi connectivity index (χ0n) is 20.2. The van der Waals surface area contributed by atoms with Crippen molar-refractivity contribution in [2.75, 3.05) is 11.5 Å². The highest BCUT2D eigenvalue weighted by atomic mass is 32.2. The van der Waals surface area contributed by atoms with Crippen molar-refractivity contribution in [1.29, 1.82) is 0 Å². The zero-order valence-corrected chi connectivity index (χ0v) is 21.8. The number of ketones is 1. The summed E-state index contributed by atoms with van der Waals surface area (Å²) in [5, 5.41) is 19.4. The smallest absolute Gasteiger partial charge is 0.296 e. The molecule has 1 atom stereocenters. The minimum Gasteiger partial charge on any atom is -0.503 e. The largest absolute Gasteiger partial charge is 0.503 e. The molecule has 38 heavy (non-hydrogen) atoms. The van der Waals surface area contributed by atoms with Crippen LogP contribution in [0.3, 0.4) is 0 Å². The van der Waals surface area contributed by atoms with Crippen molar-refractivity contribution in [3.8, 4) is 5.75 Å². The van der Waals surface area contributed by atoms with Crippen LogP contribution in [0.1, 0.15) is 41.1 Å². The van der Waals surface area contributed by atoms with Gasteiger partial charge in [-0.3, -0.25) is 14.5 Å². The molecule has 0 fully saturated rings. The lowest BCUT2D eigenvalue weighted by molar-refractivity contribution is -0.117. The summed E-state index contributed by atoms with van der Waals surface area (Å²) in [5.74, 6) is -1.44. The van der Waals surface area contributed by atoms with Gasteiger partial charge in [-0.2, -0.15) is 0 Å². The van der Waals surface area contributed by atoms with Gasteiger partial charge >= 0.3 is 0 Å². The van der Waals surface area contributed by atoms with Gasteiger partial charge in [0.1, 0.15) is 11.6 Å². The summed E-state index contributed by atoms with van der Waals surface area (Å²) in [7, 11) is 0. The van der Waals surface area contributed by atoms with E-state index < -0.39 is 23.5 Å². The molecule has 3 heterocycles. The standard InChI is InChI=1S/C27H22FN3O5S2/c1-2-13-35-18-11-9-16(10-12-18)22-21(23(32)20-8-5-14-36-20)24(33)25(34)31(22)26-29-30-27(38-26)37-15-17-6-3-4-7-19(17)28/h3-12,14,22,33H,2,13,15H2,1H3. The minimum atomic E-state index is -0.974. The molecule has 194 valence electrons. The highest BCUT2D eigenvalue weighted by Gasteiger charge is 2.46. The Morgan fingerprint density at radius 3 is 2.66 bits per heavy atom. The quantitative estimate of drug-likeness (QED) is 0.142. The predicted molar refractivity (Wildman–Crippen MR) is 141 cm³/mol. The predicted octanol–water partition coefficient (Wildman–Crippen LogP) is 6.13. The normalized spacial score (nSPS) is 15.4. The molecule has 4 aromatic rings. The van der Waals surface area contributed by atoms with E-state index in [1.54, 1.807) is 48.5 Å². The monoisotopic (exact) mass is 551 g/mol. The third-order valence-electron chi connectivity index (χ3n) is 5.78. The molecule has 2 aromatic heterocycles. The van der Waals surface area contributed by atoms with E-state index >= 15 is 0 Å². The number of hydrogen-bond acceptors (Lipinski definition) is 9. The van der Waals surface area contributed by atoms with Crippen molar-refractivity contribution >= 4 is 39.9 Å². The molecular formula is C27H22FN3O5S2. The van der Waals surface area contributed by atoms with Gasteiger partial charge in [-0.05, 0) is 47.9 Å². The van der Waals surface area contributed by atoms with Gasteiger partial charge in [0.05, 0.1) is 24.5 Å². The molecule has 0 bridgehead atoms. The Morgan fingerprint density at radius 1 is 1.16 bits per heavy atom. The Hall–Kier alpha value is -3.96. The number of halogens is 1. The molecule has 5 rings (SSSR count). The number of Topliss-reactive ketones (excluding diaryl/α,β-unsaturated/α-hetero) is 1. The summed E-state index contributed by atoms with van der Waals surface area (Å²) in [5.41, 5.74) is 0.959. The van der Waals surface area contributed by atoms with Gasteiger partial charge in [0.15, 0.2) is 15.9 Å². The molecule has 1 amide bonds. The highest BCUT2D eigenvalue weighted by molar-refractivity contribution is 8.00. The number of aliphatic hydroxyl groups excluding tert-OH is 1.